The molecule has 0 fully saturated rings. The van der Waals surface area contributed by atoms with Gasteiger partial charge in [-0.2, -0.15) is 0 Å². The fourth-order valence-corrected chi connectivity index (χ4v) is 2.10. The number of rotatable bonds is 5. The molecular formula is C15H20N4O. The average molecular weight is 272 g/mol. The summed E-state index contributed by atoms with van der Waals surface area (Å²) < 4.78 is 0. The minimum atomic E-state index is 0.0229. The van der Waals surface area contributed by atoms with Crippen LogP contribution in [0.2, 0.25) is 0 Å². The predicted octanol–water partition coefficient (Wildman–Crippen LogP) is 1.78. The van der Waals surface area contributed by atoms with Gasteiger partial charge in [-0.1, -0.05) is 6.92 Å². The van der Waals surface area contributed by atoms with Crippen molar-refractivity contribution in [3.63, 3.8) is 0 Å². The maximum Gasteiger partial charge on any atom is 0.239 e. The van der Waals surface area contributed by atoms with Gasteiger partial charge in [-0.3, -0.25) is 9.78 Å². The van der Waals surface area contributed by atoms with E-state index in [1.54, 1.807) is 6.20 Å². The summed E-state index contributed by atoms with van der Waals surface area (Å²) in [6, 6.07) is 7.53. The highest BCUT2D eigenvalue weighted by Crippen LogP contribution is 2.25. The largest absolute Gasteiger partial charge is 0.399 e. The van der Waals surface area contributed by atoms with Crippen LogP contribution in [0.5, 0.6) is 0 Å². The van der Waals surface area contributed by atoms with Crippen molar-refractivity contribution in [2.75, 3.05) is 30.8 Å². The molecular weight excluding hydrogens is 252 g/mol. The molecule has 1 amide bonds. The molecule has 0 spiro atoms. The number of nitrogens with one attached hydrogen (secondary N) is 1. The molecule has 0 unspecified atom stereocenters. The summed E-state index contributed by atoms with van der Waals surface area (Å²) in [5, 5.41) is 3.87. The van der Waals surface area contributed by atoms with Gasteiger partial charge in [0, 0.05) is 36.6 Å². The molecule has 106 valence electrons. The number of nitrogen functional groups attached to an aromatic ring is 1. The topological polar surface area (TPSA) is 71.2 Å². The van der Waals surface area contributed by atoms with Gasteiger partial charge in [0.15, 0.2) is 0 Å². The third-order valence-corrected chi connectivity index (χ3v) is 3.11. The molecule has 20 heavy (non-hydrogen) atoms. The molecule has 0 aliphatic carbocycles. The van der Waals surface area contributed by atoms with Crippen LogP contribution in [0.4, 0.5) is 11.4 Å². The molecule has 0 aliphatic rings. The van der Waals surface area contributed by atoms with Crippen molar-refractivity contribution in [1.29, 1.82) is 0 Å². The molecule has 1 aromatic heterocycles. The molecule has 0 radical (unpaired) electrons. The lowest BCUT2D eigenvalue weighted by Crippen LogP contribution is -2.35. The van der Waals surface area contributed by atoms with Gasteiger partial charge in [-0.15, -0.1) is 0 Å². The summed E-state index contributed by atoms with van der Waals surface area (Å²) in [4.78, 5) is 18.0. The summed E-state index contributed by atoms with van der Waals surface area (Å²) >= 11 is 0. The highest BCUT2D eigenvalue weighted by molar-refractivity contribution is 5.94. The van der Waals surface area contributed by atoms with E-state index in [0.717, 1.165) is 23.0 Å². The highest BCUT2D eigenvalue weighted by atomic mass is 16.2. The maximum absolute atomic E-state index is 11.8. The normalized spacial score (nSPS) is 10.5. The number of amides is 1. The minimum Gasteiger partial charge on any atom is -0.399 e. The summed E-state index contributed by atoms with van der Waals surface area (Å²) in [5.41, 5.74) is 8.26. The van der Waals surface area contributed by atoms with Gasteiger partial charge in [-0.05, 0) is 30.7 Å². The van der Waals surface area contributed by atoms with Crippen LogP contribution >= 0.6 is 0 Å². The van der Waals surface area contributed by atoms with Crippen LogP contribution in [0.1, 0.15) is 13.3 Å². The van der Waals surface area contributed by atoms with Crippen molar-refractivity contribution in [3.05, 3.63) is 30.5 Å². The molecule has 0 saturated heterocycles. The van der Waals surface area contributed by atoms with Gasteiger partial charge in [-0.25, -0.2) is 0 Å². The summed E-state index contributed by atoms with van der Waals surface area (Å²) in [5.74, 6) is 0.0229. The van der Waals surface area contributed by atoms with Crippen LogP contribution in [0.25, 0.3) is 10.9 Å². The van der Waals surface area contributed by atoms with Gasteiger partial charge in [0.25, 0.3) is 0 Å². The number of carbonyl (C=O) groups is 1. The Bertz CT molecular complexity index is 612. The Balaban J connectivity index is 2.21. The van der Waals surface area contributed by atoms with Crippen molar-refractivity contribution in [2.45, 2.75) is 13.3 Å². The van der Waals surface area contributed by atoms with Crippen molar-refractivity contribution in [3.8, 4) is 0 Å². The number of benzene rings is 1. The lowest BCUT2D eigenvalue weighted by molar-refractivity contribution is -0.119. The molecule has 5 nitrogen and oxygen atoms in total. The second kappa shape index (κ2) is 6.23. The standard InChI is InChI=1S/C15H20N4O/c1-3-7-18-15(20)10-19(2)14-6-8-17-13-9-11(16)4-5-12(13)14/h4-6,8-9H,3,7,10,16H2,1-2H3,(H,18,20). The van der Waals surface area contributed by atoms with Crippen LogP contribution in [-0.2, 0) is 4.79 Å². The molecule has 0 atom stereocenters. The first-order chi connectivity index (χ1) is 9.61. The molecule has 0 aliphatic heterocycles. The van der Waals surface area contributed by atoms with E-state index in [4.69, 9.17) is 5.73 Å². The Morgan fingerprint density at radius 2 is 2.20 bits per heavy atom. The Morgan fingerprint density at radius 1 is 1.40 bits per heavy atom. The van der Waals surface area contributed by atoms with Crippen LogP contribution in [0.3, 0.4) is 0 Å². The van der Waals surface area contributed by atoms with E-state index in [9.17, 15) is 4.79 Å². The molecule has 1 heterocycles. The van der Waals surface area contributed by atoms with E-state index in [2.05, 4.69) is 10.3 Å². The van der Waals surface area contributed by atoms with Gasteiger partial charge in [0.1, 0.15) is 0 Å². The number of fused-ring (bicyclic) bond motifs is 1. The van der Waals surface area contributed by atoms with E-state index >= 15 is 0 Å². The van der Waals surface area contributed by atoms with Crippen LogP contribution in [-0.4, -0.2) is 31.0 Å². The molecule has 0 saturated carbocycles. The van der Waals surface area contributed by atoms with Gasteiger partial charge in [0.05, 0.1) is 12.1 Å². The van der Waals surface area contributed by atoms with E-state index in [0.29, 0.717) is 18.8 Å². The number of pyridine rings is 1. The van der Waals surface area contributed by atoms with Crippen molar-refractivity contribution >= 4 is 28.2 Å². The zero-order valence-corrected chi connectivity index (χ0v) is 11.9. The second-order valence-electron chi connectivity index (χ2n) is 4.81. The number of anilines is 2. The molecule has 2 rings (SSSR count). The van der Waals surface area contributed by atoms with E-state index in [1.807, 2.05) is 43.1 Å². The number of carbonyl (C=O) groups excluding carboxylic acids is 1. The third kappa shape index (κ3) is 3.17. The van der Waals surface area contributed by atoms with Gasteiger partial charge < -0.3 is 16.0 Å². The lowest BCUT2D eigenvalue weighted by atomic mass is 10.1. The smallest absolute Gasteiger partial charge is 0.239 e. The van der Waals surface area contributed by atoms with Crippen LogP contribution in [0, 0.1) is 0 Å². The Kier molecular flexibility index (Phi) is 4.40. The molecule has 0 bridgehead atoms. The first-order valence-corrected chi connectivity index (χ1v) is 6.74. The monoisotopic (exact) mass is 272 g/mol. The van der Waals surface area contributed by atoms with Crippen LogP contribution < -0.4 is 16.0 Å². The number of hydrogen-bond acceptors (Lipinski definition) is 4. The van der Waals surface area contributed by atoms with Crippen LogP contribution in [0.15, 0.2) is 30.5 Å². The summed E-state index contributed by atoms with van der Waals surface area (Å²) in [6.07, 6.45) is 2.67. The minimum absolute atomic E-state index is 0.0229. The number of hydrogen-bond donors (Lipinski definition) is 2. The average Bonchev–Trinajstić information content (AvgIpc) is 2.44. The zero-order valence-electron chi connectivity index (χ0n) is 11.9. The molecule has 2 aromatic rings. The van der Waals surface area contributed by atoms with Crippen molar-refractivity contribution in [1.82, 2.24) is 10.3 Å². The van der Waals surface area contributed by atoms with Gasteiger partial charge in [0.2, 0.25) is 5.91 Å². The van der Waals surface area contributed by atoms with E-state index < -0.39 is 0 Å². The lowest BCUT2D eigenvalue weighted by Gasteiger charge is -2.20. The SMILES string of the molecule is CCCNC(=O)CN(C)c1ccnc2cc(N)ccc12. The summed E-state index contributed by atoms with van der Waals surface area (Å²) in [6.45, 7) is 3.06. The van der Waals surface area contributed by atoms with Crippen molar-refractivity contribution in [2.24, 2.45) is 0 Å². The molecule has 1 aromatic carbocycles. The summed E-state index contributed by atoms with van der Waals surface area (Å²) in [7, 11) is 1.90. The van der Waals surface area contributed by atoms with E-state index in [1.165, 1.54) is 0 Å². The highest BCUT2D eigenvalue weighted by Gasteiger charge is 2.10. The maximum atomic E-state index is 11.8. The Morgan fingerprint density at radius 3 is 2.95 bits per heavy atom. The Labute approximate surface area is 118 Å². The van der Waals surface area contributed by atoms with Gasteiger partial charge >= 0.3 is 0 Å². The number of aromatic nitrogens is 1. The number of likely N-dealkylation sites (N-methyl/N-ethyl adjacent to an activating group) is 1. The third-order valence-electron chi connectivity index (χ3n) is 3.11. The van der Waals surface area contributed by atoms with Crippen molar-refractivity contribution < 1.29 is 4.79 Å². The second-order valence-corrected chi connectivity index (χ2v) is 4.81. The Hall–Kier alpha value is -2.30. The fourth-order valence-electron chi connectivity index (χ4n) is 2.10. The molecule has 5 heteroatoms. The number of nitrogens with two attached hydrogens (primary N) is 1. The molecule has 3 N–H and O–H groups in total. The first-order valence-electron chi connectivity index (χ1n) is 6.74. The van der Waals surface area contributed by atoms with E-state index in [-0.39, 0.29) is 5.91 Å². The number of nitrogens with zero attached hydrogens (tertiary/aromatic N) is 2. The quantitative estimate of drug-likeness (QED) is 0.814. The predicted molar refractivity (Wildman–Crippen MR) is 82.7 cm³/mol. The fraction of sp³-hybridized carbons (Fsp3) is 0.333. The first kappa shape index (κ1) is 14.1. The zero-order chi connectivity index (χ0) is 14.5.